The summed E-state index contributed by atoms with van der Waals surface area (Å²) in [6.07, 6.45) is 0. The number of benzene rings is 2. The van der Waals surface area contributed by atoms with E-state index in [0.29, 0.717) is 11.1 Å². The average Bonchev–Trinajstić information content (AvgIpc) is 2.55. The monoisotopic (exact) mass is 334 g/mol. The minimum absolute atomic E-state index is 0. The third kappa shape index (κ3) is 9.22. The van der Waals surface area contributed by atoms with Gasteiger partial charge in [0.15, 0.2) is 0 Å². The number of carbonyl (C=O) groups excluding carboxylic acids is 2. The Balaban J connectivity index is 0. The van der Waals surface area contributed by atoms with Gasteiger partial charge in [0.05, 0.1) is 25.3 Å². The number of rotatable bonds is 2. The van der Waals surface area contributed by atoms with Gasteiger partial charge in [-0.1, -0.05) is 36.4 Å². The number of ether oxygens (including phenoxy) is 2. The van der Waals surface area contributed by atoms with Gasteiger partial charge in [-0.25, -0.2) is 9.59 Å². The number of esters is 2. The summed E-state index contributed by atoms with van der Waals surface area (Å²) in [5.41, 5.74) is 1.18. The summed E-state index contributed by atoms with van der Waals surface area (Å²) in [5, 5.41) is 0. The zero-order valence-corrected chi connectivity index (χ0v) is 18.5. The molecule has 2 aromatic rings. The molecular weight excluding hydrogens is 318 g/mol. The van der Waals surface area contributed by atoms with Gasteiger partial charge in [-0.05, 0) is 24.3 Å². The van der Waals surface area contributed by atoms with Gasteiger partial charge in [0.2, 0.25) is 0 Å². The molecule has 106 valence electrons. The maximum atomic E-state index is 10.8. The van der Waals surface area contributed by atoms with E-state index in [0.717, 1.165) is 0 Å². The van der Waals surface area contributed by atoms with E-state index in [1.54, 1.807) is 48.5 Å². The van der Waals surface area contributed by atoms with Crippen LogP contribution in [0.15, 0.2) is 60.7 Å². The van der Waals surface area contributed by atoms with Crippen LogP contribution in [0, 0.1) is 0 Å². The normalized spacial score (nSPS) is 8.09. The van der Waals surface area contributed by atoms with Crippen molar-refractivity contribution in [2.75, 3.05) is 14.2 Å². The molecular formula is C16H16KNaO4. The molecule has 0 saturated carbocycles. The van der Waals surface area contributed by atoms with Gasteiger partial charge >= 0.3 is 11.9 Å². The zero-order chi connectivity index (χ0) is 14.8. The Labute approximate surface area is 195 Å². The Hall–Kier alpha value is 0.0164. The topological polar surface area (TPSA) is 52.6 Å². The summed E-state index contributed by atoms with van der Waals surface area (Å²) in [7, 11) is 2.74. The van der Waals surface area contributed by atoms with Crippen LogP contribution in [-0.4, -0.2) is 107 Å². The van der Waals surface area contributed by atoms with Crippen LogP contribution in [-0.2, 0) is 9.47 Å². The van der Waals surface area contributed by atoms with Crippen molar-refractivity contribution in [3.63, 3.8) is 0 Å². The summed E-state index contributed by atoms with van der Waals surface area (Å²) in [4.78, 5) is 21.6. The molecule has 2 radical (unpaired) electrons. The first-order chi connectivity index (χ1) is 9.69. The average molecular weight is 334 g/mol. The number of carbonyl (C=O) groups is 2. The molecule has 2 aromatic carbocycles. The third-order valence-electron chi connectivity index (χ3n) is 2.39. The SMILES string of the molecule is COC(=O)c1ccccc1.COC(=O)c1ccccc1.[K].[Na]. The van der Waals surface area contributed by atoms with Gasteiger partial charge in [-0.3, -0.25) is 0 Å². The van der Waals surface area contributed by atoms with E-state index < -0.39 is 0 Å². The smallest absolute Gasteiger partial charge is 0.337 e. The van der Waals surface area contributed by atoms with Crippen LogP contribution in [0.2, 0.25) is 0 Å². The molecule has 0 unspecified atom stereocenters. The quantitative estimate of drug-likeness (QED) is 0.624. The second-order valence-corrected chi connectivity index (χ2v) is 3.72. The van der Waals surface area contributed by atoms with Crippen molar-refractivity contribution in [1.82, 2.24) is 0 Å². The molecule has 0 amide bonds. The Morgan fingerprint density at radius 1 is 0.682 bits per heavy atom. The van der Waals surface area contributed by atoms with E-state index in [2.05, 4.69) is 9.47 Å². The van der Waals surface area contributed by atoms with Crippen molar-refractivity contribution in [2.24, 2.45) is 0 Å². The molecule has 0 spiro atoms. The van der Waals surface area contributed by atoms with Crippen LogP contribution in [0.1, 0.15) is 20.7 Å². The third-order valence-corrected chi connectivity index (χ3v) is 2.39. The number of hydrogen-bond donors (Lipinski definition) is 0. The van der Waals surface area contributed by atoms with Crippen molar-refractivity contribution < 1.29 is 19.1 Å². The van der Waals surface area contributed by atoms with Crippen molar-refractivity contribution in [1.29, 1.82) is 0 Å². The molecule has 0 fully saturated rings. The minimum atomic E-state index is -0.291. The van der Waals surface area contributed by atoms with Gasteiger partial charge in [-0.2, -0.15) is 0 Å². The van der Waals surface area contributed by atoms with Crippen LogP contribution in [0.4, 0.5) is 0 Å². The first-order valence-electron chi connectivity index (χ1n) is 5.95. The van der Waals surface area contributed by atoms with Gasteiger partial charge in [-0.15, -0.1) is 0 Å². The van der Waals surface area contributed by atoms with Crippen molar-refractivity contribution >= 4 is 92.9 Å². The van der Waals surface area contributed by atoms with E-state index in [4.69, 9.17) is 0 Å². The van der Waals surface area contributed by atoms with Crippen LogP contribution in [0.25, 0.3) is 0 Å². The minimum Gasteiger partial charge on any atom is -0.465 e. The molecule has 0 aliphatic heterocycles. The van der Waals surface area contributed by atoms with E-state index >= 15 is 0 Å². The molecule has 6 heteroatoms. The Kier molecular flexibility index (Phi) is 16.1. The van der Waals surface area contributed by atoms with Gasteiger partial charge < -0.3 is 9.47 Å². The number of methoxy groups -OCH3 is 2. The van der Waals surface area contributed by atoms with Gasteiger partial charge in [0.25, 0.3) is 0 Å². The van der Waals surface area contributed by atoms with E-state index in [9.17, 15) is 9.59 Å². The second-order valence-electron chi connectivity index (χ2n) is 3.72. The molecule has 0 saturated heterocycles. The van der Waals surface area contributed by atoms with Crippen LogP contribution in [0.5, 0.6) is 0 Å². The predicted molar refractivity (Wildman–Crippen MR) is 87.1 cm³/mol. The van der Waals surface area contributed by atoms with Gasteiger partial charge in [0.1, 0.15) is 0 Å². The maximum absolute atomic E-state index is 10.8. The van der Waals surface area contributed by atoms with E-state index in [-0.39, 0.29) is 92.9 Å². The molecule has 0 atom stereocenters. The molecule has 0 heterocycles. The molecule has 0 bridgehead atoms. The molecule has 22 heavy (non-hydrogen) atoms. The molecule has 0 aliphatic carbocycles. The fraction of sp³-hybridized carbons (Fsp3) is 0.125. The standard InChI is InChI=1S/2C8H8O2.K.Na/c2*1-10-8(9)7-5-3-2-4-6-7;;/h2*2-6H,1H3;;. The largest absolute Gasteiger partial charge is 0.465 e. The predicted octanol–water partition coefficient (Wildman–Crippen LogP) is 2.18. The van der Waals surface area contributed by atoms with E-state index in [1.165, 1.54) is 14.2 Å². The van der Waals surface area contributed by atoms with Crippen molar-refractivity contribution in [3.05, 3.63) is 71.8 Å². The van der Waals surface area contributed by atoms with Crippen LogP contribution < -0.4 is 0 Å². The summed E-state index contributed by atoms with van der Waals surface area (Å²) in [6, 6.07) is 17.8. The van der Waals surface area contributed by atoms with Crippen LogP contribution >= 0.6 is 0 Å². The summed E-state index contributed by atoms with van der Waals surface area (Å²) >= 11 is 0. The Bertz CT molecular complexity index is 495. The fourth-order valence-corrected chi connectivity index (χ4v) is 1.38. The first-order valence-corrected chi connectivity index (χ1v) is 5.95. The summed E-state index contributed by atoms with van der Waals surface area (Å²) < 4.78 is 8.99. The zero-order valence-electron chi connectivity index (χ0n) is 13.4. The molecule has 0 aliphatic rings. The number of hydrogen-bond acceptors (Lipinski definition) is 4. The molecule has 4 nitrogen and oxygen atoms in total. The van der Waals surface area contributed by atoms with Crippen molar-refractivity contribution in [2.45, 2.75) is 0 Å². The Morgan fingerprint density at radius 3 is 1.18 bits per heavy atom. The Morgan fingerprint density at radius 2 is 0.955 bits per heavy atom. The van der Waals surface area contributed by atoms with Crippen LogP contribution in [0.3, 0.4) is 0 Å². The molecule has 0 N–H and O–H groups in total. The summed E-state index contributed by atoms with van der Waals surface area (Å²) in [5.74, 6) is -0.582. The molecule has 2 rings (SSSR count). The second kappa shape index (κ2) is 14.6. The van der Waals surface area contributed by atoms with E-state index in [1.807, 2.05) is 12.1 Å². The maximum Gasteiger partial charge on any atom is 0.337 e. The summed E-state index contributed by atoms with van der Waals surface area (Å²) in [6.45, 7) is 0. The van der Waals surface area contributed by atoms with Gasteiger partial charge in [0, 0.05) is 80.9 Å². The fourth-order valence-electron chi connectivity index (χ4n) is 1.38. The van der Waals surface area contributed by atoms with Crippen molar-refractivity contribution in [3.8, 4) is 0 Å². The first kappa shape index (κ1) is 24.3. The molecule has 0 aromatic heterocycles.